The van der Waals surface area contributed by atoms with Gasteiger partial charge in [-0.05, 0) is 43.3 Å². The molecule has 0 bridgehead atoms. The maximum absolute atomic E-state index is 13.2. The number of aromatic nitrogens is 2. The van der Waals surface area contributed by atoms with Crippen LogP contribution in [0.1, 0.15) is 12.0 Å². The summed E-state index contributed by atoms with van der Waals surface area (Å²) in [6.45, 7) is 2.01. The maximum atomic E-state index is 13.2. The topological polar surface area (TPSA) is 64.0 Å². The molecule has 0 radical (unpaired) electrons. The van der Waals surface area contributed by atoms with Crippen LogP contribution in [-0.2, 0) is 4.79 Å². The highest BCUT2D eigenvalue weighted by Gasteiger charge is 2.14. The van der Waals surface area contributed by atoms with Crippen molar-refractivity contribution in [3.63, 3.8) is 0 Å². The summed E-state index contributed by atoms with van der Waals surface area (Å²) in [7, 11) is 0. The maximum Gasteiger partial charge on any atom is 0.266 e. The monoisotopic (exact) mass is 415 g/mol. The van der Waals surface area contributed by atoms with E-state index in [1.165, 1.54) is 11.8 Å². The van der Waals surface area contributed by atoms with Crippen LogP contribution in [0.4, 0.5) is 5.69 Å². The molecule has 5 nitrogen and oxygen atoms in total. The Morgan fingerprint density at radius 2 is 1.67 bits per heavy atom. The van der Waals surface area contributed by atoms with Gasteiger partial charge in [-0.1, -0.05) is 59.8 Å². The van der Waals surface area contributed by atoms with Gasteiger partial charge in [0, 0.05) is 17.9 Å². The van der Waals surface area contributed by atoms with Gasteiger partial charge in [-0.15, -0.1) is 0 Å². The number of carbonyl (C=O) groups is 1. The molecule has 0 saturated carbocycles. The van der Waals surface area contributed by atoms with E-state index in [0.717, 1.165) is 16.9 Å². The third kappa shape index (κ3) is 4.44. The van der Waals surface area contributed by atoms with Gasteiger partial charge in [-0.25, -0.2) is 4.98 Å². The molecule has 0 aliphatic rings. The van der Waals surface area contributed by atoms with Gasteiger partial charge in [-0.2, -0.15) is 0 Å². The molecule has 1 N–H and O–H groups in total. The zero-order valence-electron chi connectivity index (χ0n) is 16.5. The summed E-state index contributed by atoms with van der Waals surface area (Å²) >= 11 is 1.40. The number of fused-ring (bicyclic) bond motifs is 1. The van der Waals surface area contributed by atoms with Crippen molar-refractivity contribution in [1.82, 2.24) is 9.55 Å². The first-order valence-corrected chi connectivity index (χ1v) is 10.7. The number of hydrogen-bond donors (Lipinski definition) is 1. The van der Waals surface area contributed by atoms with Gasteiger partial charge in [0.15, 0.2) is 5.16 Å². The molecule has 30 heavy (non-hydrogen) atoms. The Balaban J connectivity index is 1.59. The quantitative estimate of drug-likeness (QED) is 0.362. The van der Waals surface area contributed by atoms with Crippen LogP contribution in [0.15, 0.2) is 88.8 Å². The molecule has 150 valence electrons. The number of nitrogens with zero attached hydrogens (tertiary/aromatic N) is 2. The molecule has 1 heterocycles. The molecular formula is C24H21N3O2S. The Kier molecular flexibility index (Phi) is 5.95. The lowest BCUT2D eigenvalue weighted by Crippen LogP contribution is -2.22. The molecule has 0 aliphatic carbocycles. The summed E-state index contributed by atoms with van der Waals surface area (Å²) < 4.78 is 1.63. The summed E-state index contributed by atoms with van der Waals surface area (Å²) in [4.78, 5) is 30.2. The number of rotatable bonds is 6. The number of thioether (sulfide) groups is 1. The Morgan fingerprint density at radius 1 is 0.967 bits per heavy atom. The lowest BCUT2D eigenvalue weighted by molar-refractivity contribution is -0.115. The number of nitrogens with one attached hydrogen (secondary N) is 1. The van der Waals surface area contributed by atoms with Crippen LogP contribution in [0.2, 0.25) is 0 Å². The van der Waals surface area contributed by atoms with Gasteiger partial charge in [0.1, 0.15) is 0 Å². The summed E-state index contributed by atoms with van der Waals surface area (Å²) in [5.74, 6) is 0.439. The second-order valence-electron chi connectivity index (χ2n) is 6.90. The third-order valence-electron chi connectivity index (χ3n) is 4.65. The second kappa shape index (κ2) is 8.97. The number of para-hydroxylation sites is 2. The van der Waals surface area contributed by atoms with Crippen molar-refractivity contribution in [1.29, 1.82) is 0 Å². The van der Waals surface area contributed by atoms with Crippen LogP contribution in [0, 0.1) is 6.92 Å². The highest BCUT2D eigenvalue weighted by molar-refractivity contribution is 7.99. The van der Waals surface area contributed by atoms with Crippen LogP contribution < -0.4 is 10.9 Å². The van der Waals surface area contributed by atoms with Crippen molar-refractivity contribution in [3.8, 4) is 5.69 Å². The first-order chi connectivity index (χ1) is 14.6. The number of anilines is 1. The minimum atomic E-state index is -0.110. The van der Waals surface area contributed by atoms with Crippen molar-refractivity contribution >= 4 is 34.3 Å². The van der Waals surface area contributed by atoms with Crippen molar-refractivity contribution in [3.05, 3.63) is 94.8 Å². The molecule has 4 aromatic rings. The molecule has 1 aromatic heterocycles. The molecule has 3 aromatic carbocycles. The lowest BCUT2D eigenvalue weighted by Gasteiger charge is -2.13. The van der Waals surface area contributed by atoms with Gasteiger partial charge in [0.05, 0.1) is 16.6 Å². The van der Waals surface area contributed by atoms with Crippen LogP contribution >= 0.6 is 11.8 Å². The molecule has 0 fully saturated rings. The molecule has 1 amide bonds. The minimum Gasteiger partial charge on any atom is -0.326 e. The Bertz CT molecular complexity index is 1240. The van der Waals surface area contributed by atoms with Gasteiger partial charge in [0.25, 0.3) is 5.56 Å². The molecule has 6 heteroatoms. The van der Waals surface area contributed by atoms with E-state index in [2.05, 4.69) is 5.32 Å². The van der Waals surface area contributed by atoms with Crippen LogP contribution in [0.3, 0.4) is 0 Å². The zero-order valence-corrected chi connectivity index (χ0v) is 17.4. The minimum absolute atomic E-state index is 0.0706. The molecule has 4 rings (SSSR count). The fourth-order valence-corrected chi connectivity index (χ4v) is 4.06. The second-order valence-corrected chi connectivity index (χ2v) is 7.96. The molecule has 0 spiro atoms. The van der Waals surface area contributed by atoms with Crippen LogP contribution in [0.5, 0.6) is 0 Å². The number of hydrogen-bond acceptors (Lipinski definition) is 4. The Hall–Kier alpha value is -3.38. The molecule has 0 saturated heterocycles. The third-order valence-corrected chi connectivity index (χ3v) is 5.60. The van der Waals surface area contributed by atoms with Crippen LogP contribution in [-0.4, -0.2) is 21.2 Å². The zero-order chi connectivity index (χ0) is 20.9. The lowest BCUT2D eigenvalue weighted by atomic mass is 10.2. The summed E-state index contributed by atoms with van der Waals surface area (Å²) in [5.41, 5.74) is 3.20. The largest absolute Gasteiger partial charge is 0.326 e. The fourth-order valence-electron chi connectivity index (χ4n) is 3.11. The van der Waals surface area contributed by atoms with Crippen molar-refractivity contribution < 1.29 is 4.79 Å². The average molecular weight is 416 g/mol. The van der Waals surface area contributed by atoms with E-state index in [9.17, 15) is 9.59 Å². The smallest absolute Gasteiger partial charge is 0.266 e. The number of benzene rings is 3. The summed E-state index contributed by atoms with van der Waals surface area (Å²) in [6, 6.07) is 24.5. The highest BCUT2D eigenvalue weighted by atomic mass is 32.2. The van der Waals surface area contributed by atoms with Crippen molar-refractivity contribution in [2.45, 2.75) is 18.5 Å². The average Bonchev–Trinajstić information content (AvgIpc) is 2.76. The highest BCUT2D eigenvalue weighted by Crippen LogP contribution is 2.22. The molecule has 0 unspecified atom stereocenters. The number of amides is 1. The standard InChI is InChI=1S/C24H21N3O2S/c1-17-11-13-19(14-12-17)27-23(29)20-9-5-6-10-21(20)26-24(27)30-16-15-22(28)25-18-7-3-2-4-8-18/h2-14H,15-16H2,1H3,(H,25,28). The molecule has 0 aliphatic heterocycles. The van der Waals surface area contributed by atoms with Crippen molar-refractivity contribution in [2.75, 3.05) is 11.1 Å². The summed E-state index contributed by atoms with van der Waals surface area (Å²) in [5, 5.41) is 4.03. The van der Waals surface area contributed by atoms with Crippen molar-refractivity contribution in [2.24, 2.45) is 0 Å². The van der Waals surface area contributed by atoms with E-state index in [-0.39, 0.29) is 11.5 Å². The van der Waals surface area contributed by atoms with Gasteiger partial charge in [0.2, 0.25) is 5.91 Å². The van der Waals surface area contributed by atoms with Gasteiger partial charge < -0.3 is 5.32 Å². The van der Waals surface area contributed by atoms with E-state index in [4.69, 9.17) is 4.98 Å². The van der Waals surface area contributed by atoms with E-state index in [1.54, 1.807) is 10.6 Å². The number of aryl methyl sites for hydroxylation is 1. The SMILES string of the molecule is Cc1ccc(-n2c(SCCC(=O)Nc3ccccc3)nc3ccccc3c2=O)cc1. The Labute approximate surface area is 178 Å². The first kappa shape index (κ1) is 19.9. The summed E-state index contributed by atoms with van der Waals surface area (Å²) in [6.07, 6.45) is 0.316. The van der Waals surface area contributed by atoms with E-state index in [0.29, 0.717) is 28.2 Å². The first-order valence-electron chi connectivity index (χ1n) is 9.68. The van der Waals surface area contributed by atoms with Crippen LogP contribution in [0.25, 0.3) is 16.6 Å². The normalized spacial score (nSPS) is 10.8. The van der Waals surface area contributed by atoms with Gasteiger partial charge >= 0.3 is 0 Å². The molecular weight excluding hydrogens is 394 g/mol. The van der Waals surface area contributed by atoms with E-state index in [1.807, 2.05) is 79.7 Å². The molecule has 0 atom stereocenters. The number of carbonyl (C=O) groups excluding carboxylic acids is 1. The predicted octanol–water partition coefficient (Wildman–Crippen LogP) is 4.82. The van der Waals surface area contributed by atoms with E-state index >= 15 is 0 Å². The van der Waals surface area contributed by atoms with E-state index < -0.39 is 0 Å². The fraction of sp³-hybridized carbons (Fsp3) is 0.125. The predicted molar refractivity (Wildman–Crippen MR) is 122 cm³/mol. The van der Waals surface area contributed by atoms with Gasteiger partial charge in [-0.3, -0.25) is 14.2 Å². The Morgan fingerprint density at radius 3 is 2.43 bits per heavy atom.